The van der Waals surface area contributed by atoms with E-state index < -0.39 is 11.6 Å². The van der Waals surface area contributed by atoms with Crippen molar-refractivity contribution in [1.29, 1.82) is 0 Å². The Morgan fingerprint density at radius 1 is 1.39 bits per heavy atom. The summed E-state index contributed by atoms with van der Waals surface area (Å²) in [5.74, 6) is -0.944. The number of nitrogens with zero attached hydrogens (tertiary/aromatic N) is 1. The van der Waals surface area contributed by atoms with Crippen LogP contribution in [0.5, 0.6) is 0 Å². The first-order valence-corrected chi connectivity index (χ1v) is 6.01. The fourth-order valence-corrected chi connectivity index (χ4v) is 2.04. The van der Waals surface area contributed by atoms with Crippen molar-refractivity contribution >= 4 is 11.6 Å². The van der Waals surface area contributed by atoms with Crippen molar-refractivity contribution in [3.05, 3.63) is 17.7 Å². The third-order valence-corrected chi connectivity index (χ3v) is 3.23. The number of rotatable bonds is 4. The molecular formula is C12H17F2N3O. The summed E-state index contributed by atoms with van der Waals surface area (Å²) < 4.78 is 32.2. The quantitative estimate of drug-likeness (QED) is 0.868. The molecule has 2 N–H and O–H groups in total. The van der Waals surface area contributed by atoms with E-state index in [2.05, 4.69) is 15.6 Å². The number of anilines is 2. The summed E-state index contributed by atoms with van der Waals surface area (Å²) in [6.45, 7) is 3.29. The van der Waals surface area contributed by atoms with Crippen molar-refractivity contribution in [1.82, 2.24) is 4.98 Å². The molecule has 2 heterocycles. The molecular weight excluding hydrogens is 240 g/mol. The van der Waals surface area contributed by atoms with Crippen molar-refractivity contribution in [3.8, 4) is 0 Å². The van der Waals surface area contributed by atoms with E-state index in [0.717, 1.165) is 19.1 Å². The maximum Gasteiger partial charge on any atom is 0.168 e. The third-order valence-electron chi connectivity index (χ3n) is 3.23. The molecule has 1 aliphatic heterocycles. The molecule has 1 saturated heterocycles. The Morgan fingerprint density at radius 2 is 2.11 bits per heavy atom. The molecule has 4 nitrogen and oxygen atoms in total. The van der Waals surface area contributed by atoms with Crippen LogP contribution in [0.25, 0.3) is 0 Å². The molecule has 6 heteroatoms. The van der Waals surface area contributed by atoms with Crippen molar-refractivity contribution in [2.24, 2.45) is 5.92 Å². The Morgan fingerprint density at radius 3 is 2.72 bits per heavy atom. The molecule has 18 heavy (non-hydrogen) atoms. The molecule has 2 unspecified atom stereocenters. The molecule has 1 aromatic heterocycles. The van der Waals surface area contributed by atoms with E-state index in [0.29, 0.717) is 12.5 Å². The van der Waals surface area contributed by atoms with Crippen LogP contribution in [0.15, 0.2) is 6.07 Å². The summed E-state index contributed by atoms with van der Waals surface area (Å²) in [6.07, 6.45) is 1.10. The van der Waals surface area contributed by atoms with Gasteiger partial charge in [-0.25, -0.2) is 13.8 Å². The lowest BCUT2D eigenvalue weighted by atomic mass is 10.0. The molecule has 1 aromatic rings. The molecule has 0 saturated carbocycles. The van der Waals surface area contributed by atoms with Gasteiger partial charge < -0.3 is 15.4 Å². The fourth-order valence-electron chi connectivity index (χ4n) is 2.04. The average molecular weight is 257 g/mol. The van der Waals surface area contributed by atoms with Gasteiger partial charge in [-0.1, -0.05) is 0 Å². The van der Waals surface area contributed by atoms with Gasteiger partial charge in [0, 0.05) is 32.2 Å². The number of hydrogen-bond acceptors (Lipinski definition) is 4. The monoisotopic (exact) mass is 257 g/mol. The van der Waals surface area contributed by atoms with Gasteiger partial charge in [-0.3, -0.25) is 0 Å². The Kier molecular flexibility index (Phi) is 3.96. The first-order valence-electron chi connectivity index (χ1n) is 6.01. The number of pyridine rings is 1. The SMILES string of the molecule is CNc1nc(NCC2CCOC2C)c(F)cc1F. The van der Waals surface area contributed by atoms with Crippen LogP contribution >= 0.6 is 0 Å². The molecule has 0 spiro atoms. The van der Waals surface area contributed by atoms with Crippen LogP contribution in [0.2, 0.25) is 0 Å². The van der Waals surface area contributed by atoms with E-state index in [9.17, 15) is 8.78 Å². The van der Waals surface area contributed by atoms with Gasteiger partial charge in [0.2, 0.25) is 0 Å². The molecule has 1 fully saturated rings. The van der Waals surface area contributed by atoms with Gasteiger partial charge in [0.25, 0.3) is 0 Å². The molecule has 0 radical (unpaired) electrons. The first kappa shape index (κ1) is 13.0. The Hall–Kier alpha value is -1.43. The van der Waals surface area contributed by atoms with Gasteiger partial charge in [-0.05, 0) is 13.3 Å². The van der Waals surface area contributed by atoms with Crippen LogP contribution in [0, 0.1) is 17.6 Å². The normalized spacial score (nSPS) is 23.1. The predicted molar refractivity (Wildman–Crippen MR) is 65.7 cm³/mol. The zero-order chi connectivity index (χ0) is 13.1. The van der Waals surface area contributed by atoms with Crippen LogP contribution < -0.4 is 10.6 Å². The van der Waals surface area contributed by atoms with Gasteiger partial charge in [-0.2, -0.15) is 0 Å². The van der Waals surface area contributed by atoms with Crippen molar-refractivity contribution in [2.75, 3.05) is 30.8 Å². The fraction of sp³-hybridized carbons (Fsp3) is 0.583. The smallest absolute Gasteiger partial charge is 0.168 e. The minimum absolute atomic E-state index is 0.0367. The van der Waals surface area contributed by atoms with Crippen LogP contribution in [0.4, 0.5) is 20.4 Å². The lowest BCUT2D eigenvalue weighted by Crippen LogP contribution is -2.21. The summed E-state index contributed by atoms with van der Waals surface area (Å²) in [5.41, 5.74) is 0. The predicted octanol–water partition coefficient (Wildman–Crippen LogP) is 2.24. The average Bonchev–Trinajstić information content (AvgIpc) is 2.74. The molecule has 0 bridgehead atoms. The minimum atomic E-state index is -0.696. The van der Waals surface area contributed by atoms with Gasteiger partial charge in [-0.15, -0.1) is 0 Å². The van der Waals surface area contributed by atoms with Gasteiger partial charge in [0.15, 0.2) is 23.3 Å². The molecule has 2 atom stereocenters. The highest BCUT2D eigenvalue weighted by molar-refractivity contribution is 5.47. The summed E-state index contributed by atoms with van der Waals surface area (Å²) in [6, 6.07) is 0.829. The summed E-state index contributed by atoms with van der Waals surface area (Å²) >= 11 is 0. The highest BCUT2D eigenvalue weighted by atomic mass is 19.1. The molecule has 0 amide bonds. The second-order valence-electron chi connectivity index (χ2n) is 4.40. The Balaban J connectivity index is 2.04. The van der Waals surface area contributed by atoms with E-state index in [4.69, 9.17) is 4.74 Å². The molecule has 0 aliphatic carbocycles. The number of halogens is 2. The zero-order valence-corrected chi connectivity index (χ0v) is 10.5. The lowest BCUT2D eigenvalue weighted by molar-refractivity contribution is 0.108. The zero-order valence-electron chi connectivity index (χ0n) is 10.5. The van der Waals surface area contributed by atoms with Crippen molar-refractivity contribution < 1.29 is 13.5 Å². The van der Waals surface area contributed by atoms with Gasteiger partial charge in [0.05, 0.1) is 6.10 Å². The first-order chi connectivity index (χ1) is 8.61. The van der Waals surface area contributed by atoms with Crippen LogP contribution in [0.1, 0.15) is 13.3 Å². The number of hydrogen-bond donors (Lipinski definition) is 2. The van der Waals surface area contributed by atoms with Gasteiger partial charge in [0.1, 0.15) is 0 Å². The summed E-state index contributed by atoms with van der Waals surface area (Å²) in [4.78, 5) is 3.86. The standard InChI is InChI=1S/C12H17F2N3O/c1-7-8(3-4-18-7)6-16-12-10(14)5-9(13)11(15-2)17-12/h5,7-8H,3-4,6H2,1-2H3,(H2,15,16,17). The number of nitrogens with one attached hydrogen (secondary N) is 2. The van der Waals surface area contributed by atoms with E-state index in [1.807, 2.05) is 6.92 Å². The molecule has 1 aliphatic rings. The topological polar surface area (TPSA) is 46.2 Å². The number of aromatic nitrogens is 1. The minimum Gasteiger partial charge on any atom is -0.378 e. The highest BCUT2D eigenvalue weighted by Gasteiger charge is 2.24. The van der Waals surface area contributed by atoms with Crippen LogP contribution in [-0.4, -0.2) is 31.3 Å². The summed E-state index contributed by atoms with van der Waals surface area (Å²) in [7, 11) is 1.54. The second kappa shape index (κ2) is 5.48. The van der Waals surface area contributed by atoms with Crippen LogP contribution in [0.3, 0.4) is 0 Å². The van der Waals surface area contributed by atoms with Gasteiger partial charge >= 0.3 is 0 Å². The largest absolute Gasteiger partial charge is 0.378 e. The third kappa shape index (κ3) is 2.69. The lowest BCUT2D eigenvalue weighted by Gasteiger charge is -2.16. The maximum absolute atomic E-state index is 13.5. The highest BCUT2D eigenvalue weighted by Crippen LogP contribution is 2.23. The maximum atomic E-state index is 13.5. The van der Waals surface area contributed by atoms with Crippen molar-refractivity contribution in [2.45, 2.75) is 19.4 Å². The van der Waals surface area contributed by atoms with E-state index in [-0.39, 0.29) is 17.7 Å². The molecule has 2 rings (SSSR count). The van der Waals surface area contributed by atoms with E-state index in [1.54, 1.807) is 7.05 Å². The summed E-state index contributed by atoms with van der Waals surface area (Å²) in [5, 5.41) is 5.50. The van der Waals surface area contributed by atoms with Crippen molar-refractivity contribution in [3.63, 3.8) is 0 Å². The van der Waals surface area contributed by atoms with E-state index >= 15 is 0 Å². The number of ether oxygens (including phenoxy) is 1. The molecule has 0 aromatic carbocycles. The Labute approximate surface area is 105 Å². The Bertz CT molecular complexity index is 428. The molecule has 100 valence electrons. The van der Waals surface area contributed by atoms with Crippen LogP contribution in [-0.2, 0) is 4.74 Å². The second-order valence-corrected chi connectivity index (χ2v) is 4.40. The van der Waals surface area contributed by atoms with E-state index in [1.165, 1.54) is 0 Å².